The molecule has 0 bridgehead atoms. The molecule has 3 nitrogen and oxygen atoms in total. The Hall–Kier alpha value is -1.42. The highest BCUT2D eigenvalue weighted by molar-refractivity contribution is 7.80. The summed E-state index contributed by atoms with van der Waals surface area (Å²) in [5, 5.41) is 2.86. The largest absolute Gasteiger partial charge is 0.393 e. The Morgan fingerprint density at radius 2 is 2.06 bits per heavy atom. The van der Waals surface area contributed by atoms with Crippen molar-refractivity contribution >= 4 is 23.1 Å². The van der Waals surface area contributed by atoms with Crippen molar-refractivity contribution in [2.45, 2.75) is 19.8 Å². The summed E-state index contributed by atoms with van der Waals surface area (Å²) in [5.41, 5.74) is 6.67. The second kappa shape index (κ2) is 7.01. The van der Waals surface area contributed by atoms with Gasteiger partial charge in [0.2, 0.25) is 5.91 Å². The summed E-state index contributed by atoms with van der Waals surface area (Å²) in [7, 11) is 0. The second-order valence-electron chi connectivity index (χ2n) is 4.09. The van der Waals surface area contributed by atoms with E-state index in [1.807, 2.05) is 37.3 Å². The summed E-state index contributed by atoms with van der Waals surface area (Å²) in [4.78, 5) is 11.9. The Labute approximate surface area is 107 Å². The van der Waals surface area contributed by atoms with Gasteiger partial charge in [0.15, 0.2) is 0 Å². The Kier molecular flexibility index (Phi) is 5.63. The Morgan fingerprint density at radius 1 is 1.41 bits per heavy atom. The van der Waals surface area contributed by atoms with Crippen LogP contribution in [0.15, 0.2) is 30.3 Å². The predicted octanol–water partition coefficient (Wildman–Crippen LogP) is 1.66. The summed E-state index contributed by atoms with van der Waals surface area (Å²) in [6, 6.07) is 10.1. The van der Waals surface area contributed by atoms with Crippen molar-refractivity contribution in [1.82, 2.24) is 5.32 Å². The van der Waals surface area contributed by atoms with Crippen LogP contribution >= 0.6 is 12.2 Å². The molecule has 0 saturated carbocycles. The number of carbonyl (C=O) groups excluding carboxylic acids is 1. The Balaban J connectivity index is 2.23. The lowest BCUT2D eigenvalue weighted by Crippen LogP contribution is -2.30. The second-order valence-corrected chi connectivity index (χ2v) is 4.56. The minimum absolute atomic E-state index is 0.00114. The van der Waals surface area contributed by atoms with Gasteiger partial charge in [0.25, 0.3) is 0 Å². The van der Waals surface area contributed by atoms with Crippen LogP contribution in [0.3, 0.4) is 0 Å². The molecule has 0 spiro atoms. The molecule has 1 amide bonds. The van der Waals surface area contributed by atoms with E-state index in [4.69, 9.17) is 18.0 Å². The van der Waals surface area contributed by atoms with Gasteiger partial charge in [-0.25, -0.2) is 0 Å². The number of benzene rings is 1. The van der Waals surface area contributed by atoms with Crippen molar-refractivity contribution < 1.29 is 4.79 Å². The molecule has 0 aliphatic rings. The van der Waals surface area contributed by atoms with Crippen LogP contribution in [0.25, 0.3) is 0 Å². The highest BCUT2D eigenvalue weighted by Gasteiger charge is 2.10. The molecule has 0 radical (unpaired) electrons. The molecule has 1 aromatic carbocycles. The molecule has 1 rings (SSSR count). The Bertz CT molecular complexity index is 378. The fraction of sp³-hybridized carbons (Fsp3) is 0.385. The van der Waals surface area contributed by atoms with E-state index in [-0.39, 0.29) is 11.8 Å². The SMILES string of the molecule is CC(CC(=O)NCCc1ccccc1)C(N)=S. The fourth-order valence-corrected chi connectivity index (χ4v) is 1.53. The van der Waals surface area contributed by atoms with Crippen LogP contribution in [0.2, 0.25) is 0 Å². The zero-order valence-electron chi connectivity index (χ0n) is 9.98. The molecule has 92 valence electrons. The van der Waals surface area contributed by atoms with Crippen molar-refractivity contribution in [2.24, 2.45) is 11.7 Å². The van der Waals surface area contributed by atoms with Crippen molar-refractivity contribution in [3.8, 4) is 0 Å². The first kappa shape index (κ1) is 13.6. The van der Waals surface area contributed by atoms with Crippen molar-refractivity contribution in [1.29, 1.82) is 0 Å². The number of hydrogen-bond acceptors (Lipinski definition) is 2. The lowest BCUT2D eigenvalue weighted by Gasteiger charge is -2.09. The number of nitrogens with one attached hydrogen (secondary N) is 1. The van der Waals surface area contributed by atoms with Crippen LogP contribution in [0.4, 0.5) is 0 Å². The molecule has 0 saturated heterocycles. The smallest absolute Gasteiger partial charge is 0.220 e. The van der Waals surface area contributed by atoms with Gasteiger partial charge < -0.3 is 11.1 Å². The summed E-state index contributed by atoms with van der Waals surface area (Å²) in [5.74, 6) is -0.0389. The van der Waals surface area contributed by atoms with Gasteiger partial charge in [-0.1, -0.05) is 49.5 Å². The van der Waals surface area contributed by atoms with E-state index in [9.17, 15) is 4.79 Å². The summed E-state index contributed by atoms with van der Waals surface area (Å²) < 4.78 is 0. The van der Waals surface area contributed by atoms with Crippen LogP contribution < -0.4 is 11.1 Å². The normalized spacial score (nSPS) is 11.8. The lowest BCUT2D eigenvalue weighted by atomic mass is 10.1. The third kappa shape index (κ3) is 5.45. The quantitative estimate of drug-likeness (QED) is 0.755. The van der Waals surface area contributed by atoms with E-state index >= 15 is 0 Å². The third-order valence-corrected chi connectivity index (χ3v) is 2.96. The van der Waals surface area contributed by atoms with Gasteiger partial charge in [-0.2, -0.15) is 0 Å². The van der Waals surface area contributed by atoms with Gasteiger partial charge in [0, 0.05) is 18.9 Å². The lowest BCUT2D eigenvalue weighted by molar-refractivity contribution is -0.121. The van der Waals surface area contributed by atoms with E-state index in [1.165, 1.54) is 5.56 Å². The molecule has 1 aromatic rings. The maximum Gasteiger partial charge on any atom is 0.220 e. The number of carbonyl (C=O) groups is 1. The van der Waals surface area contributed by atoms with Gasteiger partial charge in [0.05, 0.1) is 4.99 Å². The van der Waals surface area contributed by atoms with Gasteiger partial charge in [-0.05, 0) is 12.0 Å². The standard InChI is InChI=1S/C13H18N2OS/c1-10(13(14)17)9-12(16)15-8-7-11-5-3-2-4-6-11/h2-6,10H,7-9H2,1H3,(H2,14,17)(H,15,16). The molecule has 17 heavy (non-hydrogen) atoms. The first-order chi connectivity index (χ1) is 8.09. The molecule has 1 unspecified atom stereocenters. The van der Waals surface area contributed by atoms with Gasteiger partial charge in [0.1, 0.15) is 0 Å². The Morgan fingerprint density at radius 3 is 2.65 bits per heavy atom. The summed E-state index contributed by atoms with van der Waals surface area (Å²) in [6.45, 7) is 2.51. The van der Waals surface area contributed by atoms with E-state index in [0.29, 0.717) is 18.0 Å². The average Bonchev–Trinajstić information content (AvgIpc) is 2.30. The van der Waals surface area contributed by atoms with Crippen molar-refractivity contribution in [2.75, 3.05) is 6.54 Å². The predicted molar refractivity (Wildman–Crippen MR) is 73.7 cm³/mol. The van der Waals surface area contributed by atoms with E-state index in [0.717, 1.165) is 6.42 Å². The minimum Gasteiger partial charge on any atom is -0.393 e. The molecule has 0 aliphatic carbocycles. The number of thiocarbonyl (C=S) groups is 1. The van der Waals surface area contributed by atoms with Crippen molar-refractivity contribution in [3.05, 3.63) is 35.9 Å². The summed E-state index contributed by atoms with van der Waals surface area (Å²) >= 11 is 4.82. The third-order valence-electron chi connectivity index (χ3n) is 2.56. The van der Waals surface area contributed by atoms with Crippen LogP contribution in [0.1, 0.15) is 18.9 Å². The highest BCUT2D eigenvalue weighted by Crippen LogP contribution is 2.02. The van der Waals surface area contributed by atoms with Crippen LogP contribution in [-0.4, -0.2) is 17.4 Å². The van der Waals surface area contributed by atoms with Crippen molar-refractivity contribution in [3.63, 3.8) is 0 Å². The maximum absolute atomic E-state index is 11.5. The zero-order chi connectivity index (χ0) is 12.7. The van der Waals surface area contributed by atoms with E-state index in [2.05, 4.69) is 5.32 Å². The van der Waals surface area contributed by atoms with Crippen LogP contribution in [0, 0.1) is 5.92 Å². The number of hydrogen-bond donors (Lipinski definition) is 2. The minimum atomic E-state index is -0.0401. The maximum atomic E-state index is 11.5. The van der Waals surface area contributed by atoms with E-state index in [1.54, 1.807) is 0 Å². The molecule has 1 atom stereocenters. The fourth-order valence-electron chi connectivity index (χ4n) is 1.44. The number of rotatable bonds is 6. The molecule has 0 fully saturated rings. The van der Waals surface area contributed by atoms with Gasteiger partial charge >= 0.3 is 0 Å². The monoisotopic (exact) mass is 250 g/mol. The van der Waals surface area contributed by atoms with Gasteiger partial charge in [-0.3, -0.25) is 4.79 Å². The molecule has 3 N–H and O–H groups in total. The number of amides is 1. The first-order valence-electron chi connectivity index (χ1n) is 5.69. The highest BCUT2D eigenvalue weighted by atomic mass is 32.1. The molecular weight excluding hydrogens is 232 g/mol. The first-order valence-corrected chi connectivity index (χ1v) is 6.10. The molecule has 0 aliphatic heterocycles. The van der Waals surface area contributed by atoms with E-state index < -0.39 is 0 Å². The molecule has 0 heterocycles. The zero-order valence-corrected chi connectivity index (χ0v) is 10.8. The topological polar surface area (TPSA) is 55.1 Å². The number of nitrogens with two attached hydrogens (primary N) is 1. The molecule has 0 aromatic heterocycles. The van der Waals surface area contributed by atoms with Crippen LogP contribution in [-0.2, 0) is 11.2 Å². The van der Waals surface area contributed by atoms with Crippen LogP contribution in [0.5, 0.6) is 0 Å². The summed E-state index contributed by atoms with van der Waals surface area (Å²) in [6.07, 6.45) is 1.21. The molecular formula is C13H18N2OS. The molecule has 4 heteroatoms. The van der Waals surface area contributed by atoms with Gasteiger partial charge in [-0.15, -0.1) is 0 Å². The average molecular weight is 250 g/mol.